The molecule has 2 aromatic rings. The van der Waals surface area contributed by atoms with Crippen LogP contribution in [-0.2, 0) is 36.7 Å². The number of rotatable bonds is 14. The molecule has 0 aliphatic heterocycles. The van der Waals surface area contributed by atoms with E-state index in [2.05, 4.69) is 30.3 Å². The second-order valence-corrected chi connectivity index (χ2v) is 12.0. The molecule has 2 rings (SSSR count). The number of nitrogens with zero attached hydrogens (tertiary/aromatic N) is 3. The third-order valence-corrected chi connectivity index (χ3v) is 6.45. The molecule has 0 atom stereocenters. The number of aromatic nitrogens is 3. The van der Waals surface area contributed by atoms with E-state index in [0.29, 0.717) is 38.1 Å². The monoisotopic (exact) mass is 538 g/mol. The Bertz CT molecular complexity index is 1300. The van der Waals surface area contributed by atoms with Crippen LogP contribution < -0.4 is 15.4 Å². The van der Waals surface area contributed by atoms with Crippen LogP contribution in [0.2, 0.25) is 0 Å². The van der Waals surface area contributed by atoms with E-state index in [9.17, 15) is 29.8 Å². The molecule has 0 bridgehead atoms. The Balaban J connectivity index is 2.13. The molecule has 0 unspecified atom stereocenters. The van der Waals surface area contributed by atoms with Crippen molar-refractivity contribution in [2.75, 3.05) is 35.7 Å². The molecule has 0 amide bonds. The molecule has 34 heavy (non-hydrogen) atoms. The highest BCUT2D eigenvalue weighted by molar-refractivity contribution is 7.88. The molecule has 5 N–H and O–H groups in total. The molecule has 1 aromatic carbocycles. The zero-order chi connectivity index (χ0) is 25.4. The molecule has 1 heterocycles. The van der Waals surface area contributed by atoms with Gasteiger partial charge >= 0.3 is 0 Å². The Morgan fingerprint density at radius 3 is 2.24 bits per heavy atom. The zero-order valence-corrected chi connectivity index (χ0v) is 20.6. The van der Waals surface area contributed by atoms with Gasteiger partial charge in [-0.2, -0.15) is 31.8 Å². The second kappa shape index (κ2) is 11.8. The summed E-state index contributed by atoms with van der Waals surface area (Å²) in [4.78, 5) is 12.3. The summed E-state index contributed by atoms with van der Waals surface area (Å²) >= 11 is 0. The molecule has 0 radical (unpaired) electrons. The predicted octanol–water partition coefficient (Wildman–Crippen LogP) is 0.424. The summed E-state index contributed by atoms with van der Waals surface area (Å²) in [6.07, 6.45) is 3.38. The van der Waals surface area contributed by atoms with Crippen LogP contribution in [0.3, 0.4) is 0 Å². The minimum absolute atomic E-state index is 0.0285. The van der Waals surface area contributed by atoms with Crippen LogP contribution in [0.5, 0.6) is 0 Å². The topological polar surface area (TPSA) is 218 Å². The lowest BCUT2D eigenvalue weighted by molar-refractivity contribution is 0.481. The molecule has 0 aliphatic rings. The summed E-state index contributed by atoms with van der Waals surface area (Å²) in [6, 6.07) is 5.32. The van der Waals surface area contributed by atoms with Gasteiger partial charge in [0.1, 0.15) is 5.82 Å². The van der Waals surface area contributed by atoms with E-state index in [1.165, 1.54) is 24.3 Å². The van der Waals surface area contributed by atoms with Gasteiger partial charge in [0.15, 0.2) is 0 Å². The van der Waals surface area contributed by atoms with Gasteiger partial charge in [0.25, 0.3) is 20.2 Å². The van der Waals surface area contributed by atoms with Crippen molar-refractivity contribution in [2.45, 2.75) is 30.6 Å². The van der Waals surface area contributed by atoms with Crippen molar-refractivity contribution in [3.05, 3.63) is 30.1 Å². The van der Waals surface area contributed by atoms with E-state index < -0.39 is 36.0 Å². The first-order chi connectivity index (χ1) is 15.7. The molecule has 0 spiro atoms. The summed E-state index contributed by atoms with van der Waals surface area (Å²) in [5.74, 6) is -0.166. The van der Waals surface area contributed by atoms with Gasteiger partial charge in [-0.15, -0.1) is 0 Å². The summed E-state index contributed by atoms with van der Waals surface area (Å²) in [5, 5.41) is 5.49. The molecule has 0 aliphatic carbocycles. The number of anilines is 3. The lowest BCUT2D eigenvalue weighted by atomic mass is 10.2. The van der Waals surface area contributed by atoms with E-state index in [4.69, 9.17) is 4.55 Å². The fourth-order valence-electron chi connectivity index (χ4n) is 2.66. The van der Waals surface area contributed by atoms with Gasteiger partial charge in [-0.05, 0) is 31.0 Å². The number of hydrogen-bond acceptors (Lipinski definition) is 11. The van der Waals surface area contributed by atoms with Crippen molar-refractivity contribution >= 4 is 47.8 Å². The normalized spacial score (nSPS) is 12.4. The average Bonchev–Trinajstić information content (AvgIpc) is 2.68. The smallest absolute Gasteiger partial charge is 0.294 e. The highest BCUT2D eigenvalue weighted by atomic mass is 32.2. The number of hydrogen-bond donors (Lipinski definition) is 5. The van der Waals surface area contributed by atoms with Gasteiger partial charge in [-0.3, -0.25) is 9.11 Å². The average molecular weight is 539 g/mol. The third-order valence-electron chi connectivity index (χ3n) is 4.15. The first-order valence-electron chi connectivity index (χ1n) is 9.94. The van der Waals surface area contributed by atoms with Gasteiger partial charge in [-0.1, -0.05) is 12.5 Å². The van der Waals surface area contributed by atoms with Gasteiger partial charge in [0.2, 0.25) is 21.9 Å². The summed E-state index contributed by atoms with van der Waals surface area (Å²) in [6.45, 7) is 0.131. The van der Waals surface area contributed by atoms with E-state index in [0.717, 1.165) is 6.26 Å². The number of aryl methyl sites for hydroxylation is 1. The first kappa shape index (κ1) is 27.8. The third kappa shape index (κ3) is 11.1. The van der Waals surface area contributed by atoms with Crippen LogP contribution in [0.25, 0.3) is 0 Å². The SMILES string of the molecule is CS(=O)(=O)NCCCCCc1nc(NCCS(=O)(=O)O)nc(Nc2cccc(S(=O)(=O)O)c2)n1. The Kier molecular flexibility index (Phi) is 9.65. The minimum Gasteiger partial charge on any atom is -0.353 e. The van der Waals surface area contributed by atoms with Gasteiger partial charge in [0.05, 0.1) is 16.9 Å². The maximum atomic E-state index is 11.4. The second-order valence-electron chi connectivity index (χ2n) is 7.22. The fourth-order valence-corrected chi connectivity index (χ4v) is 4.07. The highest BCUT2D eigenvalue weighted by Gasteiger charge is 2.12. The molecule has 190 valence electrons. The molecule has 14 nitrogen and oxygen atoms in total. The molecule has 17 heteroatoms. The van der Waals surface area contributed by atoms with Crippen molar-refractivity contribution in [1.29, 1.82) is 0 Å². The zero-order valence-electron chi connectivity index (χ0n) is 18.2. The maximum absolute atomic E-state index is 11.4. The van der Waals surface area contributed by atoms with Crippen molar-refractivity contribution < 1.29 is 34.4 Å². The van der Waals surface area contributed by atoms with E-state index in [-0.39, 0.29) is 29.0 Å². The Morgan fingerprint density at radius 2 is 1.59 bits per heavy atom. The molecular formula is C17H26N6O8S3. The highest BCUT2D eigenvalue weighted by Crippen LogP contribution is 2.19. The maximum Gasteiger partial charge on any atom is 0.294 e. The van der Waals surface area contributed by atoms with E-state index in [1.807, 2.05) is 0 Å². The molecule has 0 saturated heterocycles. The van der Waals surface area contributed by atoms with E-state index in [1.54, 1.807) is 0 Å². The quantitative estimate of drug-likeness (QED) is 0.163. The molecule has 0 saturated carbocycles. The van der Waals surface area contributed by atoms with Crippen LogP contribution in [0.15, 0.2) is 29.2 Å². The predicted molar refractivity (Wildman–Crippen MR) is 125 cm³/mol. The Hall–Kier alpha value is -2.44. The lowest BCUT2D eigenvalue weighted by Crippen LogP contribution is -2.22. The van der Waals surface area contributed by atoms with Crippen LogP contribution in [0.1, 0.15) is 25.1 Å². The molecular weight excluding hydrogens is 512 g/mol. The Morgan fingerprint density at radius 1 is 0.882 bits per heavy atom. The lowest BCUT2D eigenvalue weighted by Gasteiger charge is -2.11. The number of benzene rings is 1. The number of unbranched alkanes of at least 4 members (excludes halogenated alkanes) is 2. The standard InChI is InChI=1S/C17H26N6O8S3/c1-32(24,25)19-9-4-2-3-8-15-21-16(18-10-11-33(26,27)28)23-17(22-15)20-13-6-5-7-14(12-13)34(29,30)31/h5-7,12,19H,2-4,8-11H2,1H3,(H,26,27,28)(H,29,30,31)(H2,18,20,21,22,23). The molecule has 0 fully saturated rings. The van der Waals surface area contributed by atoms with Gasteiger partial charge in [-0.25, -0.2) is 13.1 Å². The van der Waals surface area contributed by atoms with Gasteiger partial charge < -0.3 is 10.6 Å². The number of sulfonamides is 1. The van der Waals surface area contributed by atoms with Crippen LogP contribution in [0, 0.1) is 0 Å². The summed E-state index contributed by atoms with van der Waals surface area (Å²) in [7, 11) is -11.9. The largest absolute Gasteiger partial charge is 0.353 e. The van der Waals surface area contributed by atoms with Crippen LogP contribution in [0.4, 0.5) is 17.6 Å². The fraction of sp³-hybridized carbons (Fsp3) is 0.471. The van der Waals surface area contributed by atoms with E-state index >= 15 is 0 Å². The van der Waals surface area contributed by atoms with Crippen molar-refractivity contribution in [1.82, 2.24) is 19.7 Å². The van der Waals surface area contributed by atoms with Crippen LogP contribution in [-0.4, -0.2) is 74.4 Å². The van der Waals surface area contributed by atoms with Crippen LogP contribution >= 0.6 is 0 Å². The molecule has 1 aromatic heterocycles. The summed E-state index contributed by atoms with van der Waals surface area (Å²) in [5.41, 5.74) is 0.267. The van der Waals surface area contributed by atoms with Crippen molar-refractivity contribution in [3.63, 3.8) is 0 Å². The van der Waals surface area contributed by atoms with Crippen molar-refractivity contribution in [3.8, 4) is 0 Å². The van der Waals surface area contributed by atoms with Gasteiger partial charge in [0, 0.05) is 25.2 Å². The number of nitrogens with one attached hydrogen (secondary N) is 3. The minimum atomic E-state index is -4.42. The summed E-state index contributed by atoms with van der Waals surface area (Å²) < 4.78 is 87.3. The van der Waals surface area contributed by atoms with Crippen molar-refractivity contribution in [2.24, 2.45) is 0 Å². The first-order valence-corrected chi connectivity index (χ1v) is 14.9. The Labute approximate surface area is 198 Å².